The molecule has 100 valence electrons. The molecule has 0 bridgehead atoms. The predicted octanol–water partition coefficient (Wildman–Crippen LogP) is 2.13. The van der Waals surface area contributed by atoms with Crippen LogP contribution in [0.25, 0.3) is 0 Å². The minimum atomic E-state index is 0.299. The largest absolute Gasteiger partial charge is 0.342 e. The summed E-state index contributed by atoms with van der Waals surface area (Å²) in [6, 6.07) is 2.09. The first-order valence-electron chi connectivity index (χ1n) is 6.45. The minimum absolute atomic E-state index is 0.299. The van der Waals surface area contributed by atoms with Crippen LogP contribution in [0.4, 0.5) is 0 Å². The van der Waals surface area contributed by atoms with Crippen LogP contribution in [0, 0.1) is 19.8 Å². The maximum absolute atomic E-state index is 11.7. The summed E-state index contributed by atoms with van der Waals surface area (Å²) in [6.07, 6.45) is 1.67. The molecule has 1 atom stereocenters. The molecule has 0 N–H and O–H groups in total. The fourth-order valence-electron chi connectivity index (χ4n) is 2.49. The van der Waals surface area contributed by atoms with Crippen LogP contribution in [0.1, 0.15) is 24.2 Å². The van der Waals surface area contributed by atoms with Crippen molar-refractivity contribution in [3.8, 4) is 0 Å². The molecule has 0 radical (unpaired) electrons. The first kappa shape index (κ1) is 13.6. The van der Waals surface area contributed by atoms with Crippen LogP contribution in [0.5, 0.6) is 0 Å². The summed E-state index contributed by atoms with van der Waals surface area (Å²) in [5.74, 6) is 0.791. The normalized spacial score (nSPS) is 19.8. The van der Waals surface area contributed by atoms with E-state index in [1.54, 1.807) is 0 Å². The summed E-state index contributed by atoms with van der Waals surface area (Å²) in [7, 11) is 0. The zero-order valence-electron chi connectivity index (χ0n) is 11.0. The van der Waals surface area contributed by atoms with Gasteiger partial charge in [0.05, 0.1) is 5.69 Å². The molecule has 1 amide bonds. The van der Waals surface area contributed by atoms with Gasteiger partial charge in [-0.25, -0.2) is 0 Å². The number of likely N-dealkylation sites (tertiary alicyclic amines) is 1. The number of carbonyl (C=O) groups excluding carboxylic acids is 1. The lowest BCUT2D eigenvalue weighted by atomic mass is 10.2. The third kappa shape index (κ3) is 3.13. The van der Waals surface area contributed by atoms with Gasteiger partial charge < -0.3 is 4.90 Å². The highest BCUT2D eigenvalue weighted by Gasteiger charge is 2.27. The van der Waals surface area contributed by atoms with E-state index in [2.05, 4.69) is 34.0 Å². The quantitative estimate of drug-likeness (QED) is 0.781. The summed E-state index contributed by atoms with van der Waals surface area (Å²) in [5.41, 5.74) is 2.25. The van der Waals surface area contributed by atoms with Crippen molar-refractivity contribution in [1.82, 2.24) is 14.7 Å². The standard InChI is InChI=1S/C13H20BrN3O/c1-10-6-11(2)17(15-10)5-3-4-16-9-12(8-14)7-13(16)18/h6,12H,3-5,7-9H2,1-2H3. The zero-order valence-corrected chi connectivity index (χ0v) is 12.6. The molecule has 18 heavy (non-hydrogen) atoms. The number of aromatic nitrogens is 2. The lowest BCUT2D eigenvalue weighted by Gasteiger charge is -2.16. The minimum Gasteiger partial charge on any atom is -0.342 e. The monoisotopic (exact) mass is 313 g/mol. The number of nitrogens with zero attached hydrogens (tertiary/aromatic N) is 3. The second-order valence-electron chi connectivity index (χ2n) is 5.07. The lowest BCUT2D eigenvalue weighted by molar-refractivity contribution is -0.127. The van der Waals surface area contributed by atoms with Crippen LogP contribution in [0.3, 0.4) is 0 Å². The van der Waals surface area contributed by atoms with Crippen molar-refractivity contribution in [2.24, 2.45) is 5.92 Å². The Morgan fingerprint density at radius 1 is 1.44 bits per heavy atom. The molecule has 1 aliphatic heterocycles. The van der Waals surface area contributed by atoms with Crippen molar-refractivity contribution < 1.29 is 4.79 Å². The van der Waals surface area contributed by atoms with E-state index < -0.39 is 0 Å². The molecule has 0 aliphatic carbocycles. The average molecular weight is 314 g/mol. The molecular formula is C13H20BrN3O. The van der Waals surface area contributed by atoms with Crippen molar-refractivity contribution in [2.75, 3.05) is 18.4 Å². The fraction of sp³-hybridized carbons (Fsp3) is 0.692. The summed E-state index contributed by atoms with van der Waals surface area (Å²) < 4.78 is 2.03. The molecule has 0 spiro atoms. The molecule has 1 aromatic heterocycles. The zero-order chi connectivity index (χ0) is 13.1. The number of rotatable bonds is 5. The van der Waals surface area contributed by atoms with Crippen LogP contribution in [0.2, 0.25) is 0 Å². The lowest BCUT2D eigenvalue weighted by Crippen LogP contribution is -2.27. The number of hydrogen-bond donors (Lipinski definition) is 0. The Hall–Kier alpha value is -0.840. The fourth-order valence-corrected chi connectivity index (χ4v) is 2.92. The van der Waals surface area contributed by atoms with Crippen molar-refractivity contribution >= 4 is 21.8 Å². The Balaban J connectivity index is 1.79. The van der Waals surface area contributed by atoms with Gasteiger partial charge in [-0.1, -0.05) is 15.9 Å². The SMILES string of the molecule is Cc1cc(C)n(CCCN2CC(CBr)CC2=O)n1. The first-order chi connectivity index (χ1) is 8.60. The van der Waals surface area contributed by atoms with Crippen LogP contribution in [-0.2, 0) is 11.3 Å². The molecule has 1 saturated heterocycles. The van der Waals surface area contributed by atoms with Gasteiger partial charge in [-0.05, 0) is 32.3 Å². The van der Waals surface area contributed by atoms with E-state index in [1.807, 2.05) is 16.5 Å². The molecule has 1 aromatic rings. The van der Waals surface area contributed by atoms with E-state index in [0.717, 1.165) is 37.1 Å². The van der Waals surface area contributed by atoms with Crippen LogP contribution < -0.4 is 0 Å². The van der Waals surface area contributed by atoms with Crippen LogP contribution in [0.15, 0.2) is 6.07 Å². The number of halogens is 1. The Morgan fingerprint density at radius 3 is 2.78 bits per heavy atom. The Morgan fingerprint density at radius 2 is 2.22 bits per heavy atom. The Kier molecular flexibility index (Phi) is 4.43. The van der Waals surface area contributed by atoms with E-state index in [-0.39, 0.29) is 0 Å². The molecule has 0 saturated carbocycles. The Labute approximate surface area is 116 Å². The highest BCUT2D eigenvalue weighted by molar-refractivity contribution is 9.09. The topological polar surface area (TPSA) is 38.1 Å². The Bertz CT molecular complexity index is 430. The van der Waals surface area contributed by atoms with Crippen LogP contribution >= 0.6 is 15.9 Å². The molecule has 1 unspecified atom stereocenters. The molecular weight excluding hydrogens is 294 g/mol. The predicted molar refractivity (Wildman–Crippen MR) is 74.8 cm³/mol. The van der Waals surface area contributed by atoms with E-state index in [0.29, 0.717) is 18.2 Å². The molecule has 4 nitrogen and oxygen atoms in total. The molecule has 2 rings (SSSR count). The molecule has 0 aromatic carbocycles. The summed E-state index contributed by atoms with van der Waals surface area (Å²) >= 11 is 3.46. The van der Waals surface area contributed by atoms with E-state index in [9.17, 15) is 4.79 Å². The summed E-state index contributed by atoms with van der Waals surface area (Å²) in [5, 5.41) is 5.35. The second-order valence-corrected chi connectivity index (χ2v) is 5.72. The van der Waals surface area contributed by atoms with Crippen LogP contribution in [-0.4, -0.2) is 39.0 Å². The van der Waals surface area contributed by atoms with Crippen molar-refractivity contribution in [2.45, 2.75) is 33.2 Å². The maximum Gasteiger partial charge on any atom is 0.222 e. The van der Waals surface area contributed by atoms with E-state index in [4.69, 9.17) is 0 Å². The summed E-state index contributed by atoms with van der Waals surface area (Å²) in [6.45, 7) is 6.72. The average Bonchev–Trinajstić information content (AvgIpc) is 2.83. The van der Waals surface area contributed by atoms with Crippen molar-refractivity contribution in [3.63, 3.8) is 0 Å². The van der Waals surface area contributed by atoms with Gasteiger partial charge in [0.15, 0.2) is 0 Å². The third-order valence-corrected chi connectivity index (χ3v) is 4.33. The third-order valence-electron chi connectivity index (χ3n) is 3.41. The first-order valence-corrected chi connectivity index (χ1v) is 7.57. The molecule has 2 heterocycles. The van der Waals surface area contributed by atoms with Gasteiger partial charge in [-0.3, -0.25) is 9.48 Å². The number of aryl methyl sites for hydroxylation is 3. The van der Waals surface area contributed by atoms with Gasteiger partial charge in [0.2, 0.25) is 5.91 Å². The van der Waals surface area contributed by atoms with Crippen molar-refractivity contribution in [1.29, 1.82) is 0 Å². The van der Waals surface area contributed by atoms with Gasteiger partial charge in [-0.2, -0.15) is 5.10 Å². The number of carbonyl (C=O) groups is 1. The van der Waals surface area contributed by atoms with Crippen molar-refractivity contribution in [3.05, 3.63) is 17.5 Å². The van der Waals surface area contributed by atoms with Gasteiger partial charge in [0.25, 0.3) is 0 Å². The highest BCUT2D eigenvalue weighted by atomic mass is 79.9. The molecule has 1 fully saturated rings. The van der Waals surface area contributed by atoms with Gasteiger partial charge in [-0.15, -0.1) is 0 Å². The van der Waals surface area contributed by atoms with Gasteiger partial charge >= 0.3 is 0 Å². The smallest absolute Gasteiger partial charge is 0.222 e. The molecule has 5 heteroatoms. The number of amides is 1. The molecule has 1 aliphatic rings. The number of alkyl halides is 1. The summed E-state index contributed by atoms with van der Waals surface area (Å²) in [4.78, 5) is 13.7. The van der Waals surface area contributed by atoms with E-state index >= 15 is 0 Å². The number of hydrogen-bond acceptors (Lipinski definition) is 2. The maximum atomic E-state index is 11.7. The highest BCUT2D eigenvalue weighted by Crippen LogP contribution is 2.19. The van der Waals surface area contributed by atoms with Gasteiger partial charge in [0, 0.05) is 37.1 Å². The van der Waals surface area contributed by atoms with Gasteiger partial charge in [0.1, 0.15) is 0 Å². The van der Waals surface area contributed by atoms with E-state index in [1.165, 1.54) is 5.69 Å². The second kappa shape index (κ2) is 5.87.